The monoisotopic (exact) mass is 384 g/mol. The van der Waals surface area contributed by atoms with Gasteiger partial charge in [-0.1, -0.05) is 18.6 Å². The molecular formula is C22H25FN2O3. The van der Waals surface area contributed by atoms with E-state index in [9.17, 15) is 14.0 Å². The van der Waals surface area contributed by atoms with Crippen LogP contribution in [0.15, 0.2) is 42.5 Å². The number of carbonyl (C=O) groups is 2. The summed E-state index contributed by atoms with van der Waals surface area (Å²) in [5, 5.41) is 5.62. The van der Waals surface area contributed by atoms with Crippen molar-refractivity contribution in [1.82, 2.24) is 10.6 Å². The van der Waals surface area contributed by atoms with E-state index >= 15 is 0 Å². The predicted molar refractivity (Wildman–Crippen MR) is 104 cm³/mol. The summed E-state index contributed by atoms with van der Waals surface area (Å²) in [6.45, 7) is 3.96. The van der Waals surface area contributed by atoms with E-state index in [0.717, 1.165) is 30.4 Å². The highest BCUT2D eigenvalue weighted by molar-refractivity contribution is 5.88. The van der Waals surface area contributed by atoms with Crippen LogP contribution in [0.1, 0.15) is 37.3 Å². The zero-order valence-corrected chi connectivity index (χ0v) is 16.1. The van der Waals surface area contributed by atoms with Crippen LogP contribution in [0.5, 0.6) is 11.5 Å². The van der Waals surface area contributed by atoms with Crippen LogP contribution in [0.25, 0.3) is 0 Å². The highest BCUT2D eigenvalue weighted by atomic mass is 19.1. The molecule has 5 nitrogen and oxygen atoms in total. The van der Waals surface area contributed by atoms with Crippen molar-refractivity contribution in [3.05, 3.63) is 59.4 Å². The van der Waals surface area contributed by atoms with E-state index in [1.807, 2.05) is 25.1 Å². The maximum absolute atomic E-state index is 13.0. The molecule has 0 spiro atoms. The Labute approximate surface area is 164 Å². The van der Waals surface area contributed by atoms with Crippen LogP contribution in [0.3, 0.4) is 0 Å². The SMILES string of the molecule is Cc1cc(CNC(=O)C(C)NC(=O)C2CCC2)ccc1Oc1ccc(F)cc1. The minimum atomic E-state index is -0.560. The van der Waals surface area contributed by atoms with Gasteiger partial charge in [0.1, 0.15) is 23.4 Å². The molecule has 2 aromatic rings. The number of benzene rings is 2. The van der Waals surface area contributed by atoms with Crippen LogP contribution in [0, 0.1) is 18.7 Å². The van der Waals surface area contributed by atoms with Crippen LogP contribution >= 0.6 is 0 Å². The molecule has 1 unspecified atom stereocenters. The first kappa shape index (κ1) is 19.9. The Bertz CT molecular complexity index is 847. The Morgan fingerprint density at radius 3 is 2.50 bits per heavy atom. The second kappa shape index (κ2) is 8.87. The number of hydrogen-bond donors (Lipinski definition) is 2. The van der Waals surface area contributed by atoms with Crippen molar-refractivity contribution in [3.8, 4) is 11.5 Å². The van der Waals surface area contributed by atoms with E-state index in [0.29, 0.717) is 18.0 Å². The van der Waals surface area contributed by atoms with Crippen molar-refractivity contribution in [1.29, 1.82) is 0 Å². The summed E-state index contributed by atoms with van der Waals surface area (Å²) in [5.41, 5.74) is 1.83. The normalized spacial score (nSPS) is 14.7. The fourth-order valence-corrected chi connectivity index (χ4v) is 2.98. The van der Waals surface area contributed by atoms with Gasteiger partial charge in [0.25, 0.3) is 0 Å². The zero-order chi connectivity index (χ0) is 20.1. The molecule has 2 aromatic carbocycles. The lowest BCUT2D eigenvalue weighted by molar-refractivity contribution is -0.132. The third kappa shape index (κ3) is 5.09. The Morgan fingerprint density at radius 1 is 1.18 bits per heavy atom. The minimum absolute atomic E-state index is 0.0351. The number of ether oxygens (including phenoxy) is 1. The van der Waals surface area contributed by atoms with Gasteiger partial charge in [0, 0.05) is 12.5 Å². The molecule has 0 aliphatic heterocycles. The molecule has 2 amide bonds. The maximum atomic E-state index is 13.0. The van der Waals surface area contributed by atoms with Crippen LogP contribution in [-0.2, 0) is 16.1 Å². The van der Waals surface area contributed by atoms with E-state index in [-0.39, 0.29) is 23.5 Å². The van der Waals surface area contributed by atoms with E-state index in [1.54, 1.807) is 19.1 Å². The molecule has 0 aromatic heterocycles. The number of aryl methyl sites for hydroxylation is 1. The van der Waals surface area contributed by atoms with E-state index < -0.39 is 6.04 Å². The lowest BCUT2D eigenvalue weighted by Crippen LogP contribution is -2.47. The third-order valence-corrected chi connectivity index (χ3v) is 4.98. The lowest BCUT2D eigenvalue weighted by Gasteiger charge is -2.25. The van der Waals surface area contributed by atoms with Crippen LogP contribution < -0.4 is 15.4 Å². The van der Waals surface area contributed by atoms with Gasteiger partial charge in [0.05, 0.1) is 0 Å². The zero-order valence-electron chi connectivity index (χ0n) is 16.1. The van der Waals surface area contributed by atoms with Crippen molar-refractivity contribution in [2.24, 2.45) is 5.92 Å². The van der Waals surface area contributed by atoms with Crippen molar-refractivity contribution in [3.63, 3.8) is 0 Å². The summed E-state index contributed by atoms with van der Waals surface area (Å²) in [5.74, 6) is 0.730. The molecule has 148 valence electrons. The van der Waals surface area contributed by atoms with Gasteiger partial charge >= 0.3 is 0 Å². The minimum Gasteiger partial charge on any atom is -0.457 e. The number of carbonyl (C=O) groups excluding carboxylic acids is 2. The highest BCUT2D eigenvalue weighted by Gasteiger charge is 2.27. The summed E-state index contributed by atoms with van der Waals surface area (Å²) in [6, 6.07) is 10.9. The standard InChI is InChI=1S/C22H25FN2O3/c1-14-12-16(6-11-20(14)28-19-9-7-18(23)8-10-19)13-24-21(26)15(2)25-22(27)17-4-3-5-17/h6-12,15,17H,3-5,13H2,1-2H3,(H,24,26)(H,25,27). The van der Waals surface area contributed by atoms with Crippen molar-refractivity contribution in [2.45, 2.75) is 45.7 Å². The van der Waals surface area contributed by atoms with Gasteiger partial charge < -0.3 is 15.4 Å². The average Bonchev–Trinajstić information content (AvgIpc) is 2.62. The first-order chi connectivity index (χ1) is 13.4. The molecule has 3 rings (SSSR count). The molecule has 0 saturated heterocycles. The summed E-state index contributed by atoms with van der Waals surface area (Å²) in [7, 11) is 0. The van der Waals surface area contributed by atoms with Gasteiger partial charge in [0.15, 0.2) is 0 Å². The fourth-order valence-electron chi connectivity index (χ4n) is 2.98. The number of hydrogen-bond acceptors (Lipinski definition) is 3. The fraction of sp³-hybridized carbons (Fsp3) is 0.364. The van der Waals surface area contributed by atoms with Crippen molar-refractivity contribution >= 4 is 11.8 Å². The first-order valence-electron chi connectivity index (χ1n) is 9.53. The molecule has 6 heteroatoms. The van der Waals surface area contributed by atoms with Crippen LogP contribution in [-0.4, -0.2) is 17.9 Å². The number of amides is 2. The summed E-state index contributed by atoms with van der Waals surface area (Å²) in [6.07, 6.45) is 2.90. The highest BCUT2D eigenvalue weighted by Crippen LogP contribution is 2.27. The van der Waals surface area contributed by atoms with Gasteiger partial charge in [-0.2, -0.15) is 0 Å². The third-order valence-electron chi connectivity index (χ3n) is 4.98. The smallest absolute Gasteiger partial charge is 0.242 e. The number of nitrogens with one attached hydrogen (secondary N) is 2. The molecule has 1 atom stereocenters. The van der Waals surface area contributed by atoms with Gasteiger partial charge in [0.2, 0.25) is 11.8 Å². The largest absolute Gasteiger partial charge is 0.457 e. The van der Waals surface area contributed by atoms with E-state index in [4.69, 9.17) is 4.74 Å². The van der Waals surface area contributed by atoms with Crippen LogP contribution in [0.4, 0.5) is 4.39 Å². The molecule has 0 radical (unpaired) electrons. The molecule has 0 heterocycles. The van der Waals surface area contributed by atoms with Crippen LogP contribution in [0.2, 0.25) is 0 Å². The van der Waals surface area contributed by atoms with Gasteiger partial charge in [-0.15, -0.1) is 0 Å². The first-order valence-corrected chi connectivity index (χ1v) is 9.53. The quantitative estimate of drug-likeness (QED) is 0.762. The number of halogens is 1. The maximum Gasteiger partial charge on any atom is 0.242 e. The second-order valence-corrected chi connectivity index (χ2v) is 7.23. The average molecular weight is 384 g/mol. The molecule has 1 aliphatic carbocycles. The van der Waals surface area contributed by atoms with Crippen molar-refractivity contribution < 1.29 is 18.7 Å². The molecule has 1 aliphatic rings. The molecular weight excluding hydrogens is 359 g/mol. The Kier molecular flexibility index (Phi) is 6.29. The predicted octanol–water partition coefficient (Wildman–Crippen LogP) is 3.85. The van der Waals surface area contributed by atoms with Gasteiger partial charge in [-0.25, -0.2) is 4.39 Å². The molecule has 1 fully saturated rings. The Balaban J connectivity index is 1.51. The van der Waals surface area contributed by atoms with E-state index in [2.05, 4.69) is 10.6 Å². The van der Waals surface area contributed by atoms with Gasteiger partial charge in [-0.05, 0) is 68.1 Å². The summed E-state index contributed by atoms with van der Waals surface area (Å²) < 4.78 is 18.7. The Morgan fingerprint density at radius 2 is 1.89 bits per heavy atom. The summed E-state index contributed by atoms with van der Waals surface area (Å²) >= 11 is 0. The molecule has 1 saturated carbocycles. The molecule has 28 heavy (non-hydrogen) atoms. The summed E-state index contributed by atoms with van der Waals surface area (Å²) in [4.78, 5) is 24.2. The second-order valence-electron chi connectivity index (χ2n) is 7.23. The lowest BCUT2D eigenvalue weighted by atomic mass is 9.84. The number of rotatable bonds is 7. The Hall–Kier alpha value is -2.89. The van der Waals surface area contributed by atoms with E-state index in [1.165, 1.54) is 12.1 Å². The van der Waals surface area contributed by atoms with Gasteiger partial charge in [-0.3, -0.25) is 9.59 Å². The molecule has 0 bridgehead atoms. The van der Waals surface area contributed by atoms with Crippen molar-refractivity contribution in [2.75, 3.05) is 0 Å². The molecule has 2 N–H and O–H groups in total. The topological polar surface area (TPSA) is 67.4 Å².